The monoisotopic (exact) mass is 350 g/mol. The van der Waals surface area contributed by atoms with Gasteiger partial charge in [-0.05, 0) is 35.7 Å². The Hall–Kier alpha value is -2.74. The molecule has 2 rings (SSSR count). The van der Waals surface area contributed by atoms with E-state index in [0.29, 0.717) is 10.6 Å². The second kappa shape index (κ2) is 8.78. The predicted molar refractivity (Wildman–Crippen MR) is 86.1 cm³/mol. The number of nitrogens with one attached hydrogen (secondary N) is 2. The Bertz CT molecular complexity index is 701. The van der Waals surface area contributed by atoms with Crippen molar-refractivity contribution in [1.29, 1.82) is 0 Å². The summed E-state index contributed by atoms with van der Waals surface area (Å²) in [5.74, 6) is -1.24. The molecule has 0 unspecified atom stereocenters. The molecule has 0 radical (unpaired) electrons. The molecule has 0 aliphatic carbocycles. The van der Waals surface area contributed by atoms with Gasteiger partial charge in [0, 0.05) is 12.8 Å². The molecule has 24 heavy (non-hydrogen) atoms. The molecule has 1 heterocycles. The molecule has 2 amide bonds. The number of Topliss-reactive ketones (excluding diaryl/α,β-unsaturated/α-hetero) is 1. The summed E-state index contributed by atoms with van der Waals surface area (Å²) >= 11 is 1.32. The lowest BCUT2D eigenvalue weighted by molar-refractivity contribution is -0.130. The molecule has 1 aromatic carbocycles. The van der Waals surface area contributed by atoms with Crippen LogP contribution in [0.2, 0.25) is 0 Å². The first-order valence-electron chi connectivity index (χ1n) is 7.07. The lowest BCUT2D eigenvalue weighted by Gasteiger charge is -2.08. The van der Waals surface area contributed by atoms with E-state index in [9.17, 15) is 18.8 Å². The number of rotatable bonds is 7. The van der Waals surface area contributed by atoms with E-state index in [-0.39, 0.29) is 25.2 Å². The van der Waals surface area contributed by atoms with Gasteiger partial charge in [-0.15, -0.1) is 11.3 Å². The van der Waals surface area contributed by atoms with Gasteiger partial charge < -0.3 is 4.74 Å². The van der Waals surface area contributed by atoms with E-state index >= 15 is 0 Å². The summed E-state index contributed by atoms with van der Waals surface area (Å²) in [6.07, 6.45) is 0.0319. The highest BCUT2D eigenvalue weighted by atomic mass is 32.1. The average Bonchev–Trinajstić information content (AvgIpc) is 3.12. The fraction of sp³-hybridized carbons (Fsp3) is 0.188. The van der Waals surface area contributed by atoms with Crippen molar-refractivity contribution in [2.75, 3.05) is 6.61 Å². The number of carbonyl (C=O) groups excluding carboxylic acids is 3. The molecule has 0 bridgehead atoms. The predicted octanol–water partition coefficient (Wildman–Crippen LogP) is 2.08. The molecule has 0 saturated carbocycles. The van der Waals surface area contributed by atoms with E-state index in [0.717, 1.165) is 0 Å². The zero-order chi connectivity index (χ0) is 17.4. The quantitative estimate of drug-likeness (QED) is 0.591. The van der Waals surface area contributed by atoms with Gasteiger partial charge >= 0.3 is 0 Å². The maximum atomic E-state index is 12.7. The fourth-order valence-electron chi connectivity index (χ4n) is 1.71. The first kappa shape index (κ1) is 17.6. The van der Waals surface area contributed by atoms with E-state index in [1.807, 2.05) is 0 Å². The number of carbonyl (C=O) groups is 3. The standard InChI is InChI=1S/C16H15FN2O4S/c17-11-3-5-12(6-4-11)23-10-16(22)19-18-15(21)8-7-13(20)14-2-1-9-24-14/h1-6,9H,7-8,10H2,(H,18,21)(H,19,22). The van der Waals surface area contributed by atoms with Crippen LogP contribution in [0, 0.1) is 5.82 Å². The van der Waals surface area contributed by atoms with Crippen molar-refractivity contribution < 1.29 is 23.5 Å². The number of ether oxygens (including phenoxy) is 1. The maximum absolute atomic E-state index is 12.7. The van der Waals surface area contributed by atoms with Crippen molar-refractivity contribution in [2.45, 2.75) is 12.8 Å². The lowest BCUT2D eigenvalue weighted by Crippen LogP contribution is -2.43. The first-order chi connectivity index (χ1) is 11.5. The highest BCUT2D eigenvalue weighted by Gasteiger charge is 2.11. The largest absolute Gasteiger partial charge is 0.484 e. The summed E-state index contributed by atoms with van der Waals surface area (Å²) in [5.41, 5.74) is 4.38. The molecule has 126 valence electrons. The molecule has 0 aliphatic rings. The van der Waals surface area contributed by atoms with Crippen LogP contribution in [-0.2, 0) is 9.59 Å². The summed E-state index contributed by atoms with van der Waals surface area (Å²) in [6.45, 7) is -0.333. The van der Waals surface area contributed by atoms with Crippen molar-refractivity contribution in [2.24, 2.45) is 0 Å². The Morgan fingerprint density at radius 1 is 1.00 bits per heavy atom. The van der Waals surface area contributed by atoms with Crippen LogP contribution >= 0.6 is 11.3 Å². The van der Waals surface area contributed by atoms with E-state index < -0.39 is 17.6 Å². The third-order valence-electron chi connectivity index (χ3n) is 2.90. The fourth-order valence-corrected chi connectivity index (χ4v) is 2.40. The minimum atomic E-state index is -0.572. The van der Waals surface area contributed by atoms with Crippen molar-refractivity contribution >= 4 is 28.9 Å². The number of benzene rings is 1. The summed E-state index contributed by atoms with van der Waals surface area (Å²) < 4.78 is 17.8. The number of ketones is 1. The molecule has 0 saturated heterocycles. The van der Waals surface area contributed by atoms with Gasteiger partial charge in [-0.1, -0.05) is 6.07 Å². The Kier molecular flexibility index (Phi) is 6.44. The Morgan fingerprint density at radius 3 is 2.38 bits per heavy atom. The van der Waals surface area contributed by atoms with E-state index in [4.69, 9.17) is 4.74 Å². The number of hydrazine groups is 1. The van der Waals surface area contributed by atoms with Crippen LogP contribution in [-0.4, -0.2) is 24.2 Å². The molecule has 2 aromatic rings. The van der Waals surface area contributed by atoms with Crippen LogP contribution < -0.4 is 15.6 Å². The smallest absolute Gasteiger partial charge is 0.276 e. The molecule has 1 aromatic heterocycles. The summed E-state index contributed by atoms with van der Waals surface area (Å²) in [4.78, 5) is 35.4. The second-order valence-corrected chi connectivity index (χ2v) is 5.69. The third kappa shape index (κ3) is 5.81. The van der Waals surface area contributed by atoms with Crippen LogP contribution in [0.1, 0.15) is 22.5 Å². The van der Waals surface area contributed by atoms with Gasteiger partial charge in [-0.25, -0.2) is 4.39 Å². The molecule has 0 aliphatic heterocycles. The molecular weight excluding hydrogens is 335 g/mol. The van der Waals surface area contributed by atoms with Gasteiger partial charge in [-0.3, -0.25) is 25.2 Å². The summed E-state index contributed by atoms with van der Waals surface area (Å²) in [7, 11) is 0. The zero-order valence-corrected chi connectivity index (χ0v) is 13.4. The normalized spacial score (nSPS) is 10.0. The third-order valence-corrected chi connectivity index (χ3v) is 3.81. The zero-order valence-electron chi connectivity index (χ0n) is 12.6. The van der Waals surface area contributed by atoms with Gasteiger partial charge in [0.05, 0.1) is 4.88 Å². The van der Waals surface area contributed by atoms with Gasteiger partial charge in [0.2, 0.25) is 5.91 Å². The number of hydrogen-bond acceptors (Lipinski definition) is 5. The lowest BCUT2D eigenvalue weighted by atomic mass is 10.2. The highest BCUT2D eigenvalue weighted by molar-refractivity contribution is 7.12. The van der Waals surface area contributed by atoms with Crippen molar-refractivity contribution in [1.82, 2.24) is 10.9 Å². The summed E-state index contributed by atoms with van der Waals surface area (Å²) in [6, 6.07) is 8.65. The van der Waals surface area contributed by atoms with Crippen LogP contribution in [0.4, 0.5) is 4.39 Å². The topological polar surface area (TPSA) is 84.5 Å². The van der Waals surface area contributed by atoms with E-state index in [2.05, 4.69) is 10.9 Å². The molecule has 8 heteroatoms. The Balaban J connectivity index is 1.63. The van der Waals surface area contributed by atoms with Crippen LogP contribution in [0.5, 0.6) is 5.75 Å². The molecule has 2 N–H and O–H groups in total. The van der Waals surface area contributed by atoms with Gasteiger partial charge in [0.1, 0.15) is 11.6 Å². The van der Waals surface area contributed by atoms with E-state index in [1.165, 1.54) is 35.6 Å². The molecule has 0 spiro atoms. The van der Waals surface area contributed by atoms with Crippen LogP contribution in [0.3, 0.4) is 0 Å². The van der Waals surface area contributed by atoms with Crippen molar-refractivity contribution in [3.63, 3.8) is 0 Å². The number of hydrogen-bond donors (Lipinski definition) is 2. The minimum Gasteiger partial charge on any atom is -0.484 e. The molecule has 6 nitrogen and oxygen atoms in total. The maximum Gasteiger partial charge on any atom is 0.276 e. The first-order valence-corrected chi connectivity index (χ1v) is 7.95. The van der Waals surface area contributed by atoms with Crippen LogP contribution in [0.25, 0.3) is 0 Å². The number of amides is 2. The Labute approximate surface area is 141 Å². The van der Waals surface area contributed by atoms with Crippen molar-refractivity contribution in [3.05, 3.63) is 52.5 Å². The molecule has 0 atom stereocenters. The molecular formula is C16H15FN2O4S. The van der Waals surface area contributed by atoms with Crippen LogP contribution in [0.15, 0.2) is 41.8 Å². The van der Waals surface area contributed by atoms with Gasteiger partial charge in [-0.2, -0.15) is 0 Å². The second-order valence-electron chi connectivity index (χ2n) is 4.74. The SMILES string of the molecule is O=C(CCC(=O)c1cccs1)NNC(=O)COc1ccc(F)cc1. The van der Waals surface area contributed by atoms with Gasteiger partial charge in [0.25, 0.3) is 5.91 Å². The van der Waals surface area contributed by atoms with E-state index in [1.54, 1.807) is 17.5 Å². The van der Waals surface area contributed by atoms with Crippen molar-refractivity contribution in [3.8, 4) is 5.75 Å². The van der Waals surface area contributed by atoms with Gasteiger partial charge in [0.15, 0.2) is 12.4 Å². The Morgan fingerprint density at radius 2 is 1.71 bits per heavy atom. The molecule has 0 fully saturated rings. The number of thiophene rings is 1. The minimum absolute atomic E-state index is 0.0319. The highest BCUT2D eigenvalue weighted by Crippen LogP contribution is 2.12. The number of halogens is 1. The average molecular weight is 350 g/mol. The summed E-state index contributed by atoms with van der Waals surface area (Å²) in [5, 5.41) is 1.79.